The van der Waals surface area contributed by atoms with E-state index in [-0.39, 0.29) is 17.9 Å². The molecule has 1 saturated heterocycles. The molecule has 0 aromatic carbocycles. The minimum absolute atomic E-state index is 0.0733. The zero-order valence-corrected chi connectivity index (χ0v) is 12.4. The van der Waals surface area contributed by atoms with Crippen LogP contribution in [0.2, 0.25) is 0 Å². The lowest BCUT2D eigenvalue weighted by Crippen LogP contribution is -2.60. The summed E-state index contributed by atoms with van der Waals surface area (Å²) in [5, 5.41) is 11.9. The van der Waals surface area contributed by atoms with E-state index in [1.807, 2.05) is 20.8 Å². The van der Waals surface area contributed by atoms with E-state index >= 15 is 0 Å². The highest BCUT2D eigenvalue weighted by Gasteiger charge is 2.33. The summed E-state index contributed by atoms with van der Waals surface area (Å²) in [5.41, 5.74) is -0.489. The Kier molecular flexibility index (Phi) is 4.22. The maximum Gasteiger partial charge on any atom is 0.410 e. The van der Waals surface area contributed by atoms with Gasteiger partial charge in [0.15, 0.2) is 0 Å². The molecule has 21 heavy (non-hydrogen) atoms. The predicted molar refractivity (Wildman–Crippen MR) is 74.1 cm³/mol. The van der Waals surface area contributed by atoms with Crippen LogP contribution < -0.4 is 5.32 Å². The van der Waals surface area contributed by atoms with Crippen LogP contribution in [0.3, 0.4) is 0 Å². The molecule has 2 N–H and O–H groups in total. The molecule has 7 nitrogen and oxygen atoms in total. The van der Waals surface area contributed by atoms with E-state index in [9.17, 15) is 9.59 Å². The number of nitrogens with one attached hydrogen (secondary N) is 1. The molecule has 1 fully saturated rings. The summed E-state index contributed by atoms with van der Waals surface area (Å²) >= 11 is 0. The van der Waals surface area contributed by atoms with Gasteiger partial charge in [0.2, 0.25) is 5.76 Å². The number of nitrogens with zero attached hydrogens (tertiary/aromatic N) is 1. The Balaban J connectivity index is 1.71. The summed E-state index contributed by atoms with van der Waals surface area (Å²) < 4.78 is 10.4. The number of carboxylic acids is 1. The second-order valence-electron chi connectivity index (χ2n) is 6.03. The van der Waals surface area contributed by atoms with E-state index in [2.05, 4.69) is 5.32 Å². The minimum Gasteiger partial charge on any atom is -0.475 e. The molecule has 116 valence electrons. The first kappa shape index (κ1) is 15.4. The molecule has 0 bridgehead atoms. The van der Waals surface area contributed by atoms with Crippen molar-refractivity contribution in [2.75, 3.05) is 13.1 Å². The molecule has 0 aliphatic carbocycles. The van der Waals surface area contributed by atoms with E-state index in [1.54, 1.807) is 11.0 Å². The molecular weight excluding hydrogens is 276 g/mol. The normalized spacial score (nSPS) is 15.7. The van der Waals surface area contributed by atoms with E-state index in [1.165, 1.54) is 6.07 Å². The van der Waals surface area contributed by atoms with Crippen LogP contribution in [-0.4, -0.2) is 46.8 Å². The number of rotatable bonds is 4. The quantitative estimate of drug-likeness (QED) is 0.878. The fourth-order valence-corrected chi connectivity index (χ4v) is 1.92. The highest BCUT2D eigenvalue weighted by molar-refractivity contribution is 5.84. The average Bonchev–Trinajstić information content (AvgIpc) is 2.73. The smallest absolute Gasteiger partial charge is 0.410 e. The van der Waals surface area contributed by atoms with Crippen LogP contribution in [0.15, 0.2) is 16.5 Å². The van der Waals surface area contributed by atoms with Crippen LogP contribution in [0.4, 0.5) is 4.79 Å². The molecule has 0 unspecified atom stereocenters. The van der Waals surface area contributed by atoms with Crippen LogP contribution in [0.5, 0.6) is 0 Å². The van der Waals surface area contributed by atoms with Crippen molar-refractivity contribution in [2.24, 2.45) is 0 Å². The Morgan fingerprint density at radius 2 is 2.10 bits per heavy atom. The number of amides is 1. The van der Waals surface area contributed by atoms with Crippen LogP contribution in [0.1, 0.15) is 37.1 Å². The molecule has 1 aliphatic heterocycles. The molecule has 2 rings (SSSR count). The summed E-state index contributed by atoms with van der Waals surface area (Å²) in [6, 6.07) is 3.21. The third-order valence-electron chi connectivity index (χ3n) is 2.97. The molecule has 0 atom stereocenters. The van der Waals surface area contributed by atoms with Crippen molar-refractivity contribution < 1.29 is 23.8 Å². The Hall–Kier alpha value is -2.02. The number of carboxylic acid groups (broad SMARTS) is 1. The van der Waals surface area contributed by atoms with Gasteiger partial charge in [-0.1, -0.05) is 0 Å². The summed E-state index contributed by atoms with van der Waals surface area (Å²) in [7, 11) is 0. The van der Waals surface area contributed by atoms with Gasteiger partial charge < -0.3 is 24.5 Å². The van der Waals surface area contributed by atoms with Gasteiger partial charge in [-0.3, -0.25) is 0 Å². The lowest BCUT2D eigenvalue weighted by molar-refractivity contribution is 0.00500. The van der Waals surface area contributed by atoms with Gasteiger partial charge in [-0.25, -0.2) is 9.59 Å². The van der Waals surface area contributed by atoms with Crippen LogP contribution in [-0.2, 0) is 11.3 Å². The SMILES string of the molecule is CC(C)(C)OC(=O)N1CC(NCc2ccc(C(=O)O)o2)C1. The minimum atomic E-state index is -1.08. The van der Waals surface area contributed by atoms with Crippen molar-refractivity contribution in [3.8, 4) is 0 Å². The molecular formula is C14H20N2O5. The van der Waals surface area contributed by atoms with Gasteiger partial charge in [0.1, 0.15) is 11.4 Å². The molecule has 1 aromatic rings. The highest BCUT2D eigenvalue weighted by Crippen LogP contribution is 2.16. The zero-order chi connectivity index (χ0) is 15.6. The first-order chi connectivity index (χ1) is 9.74. The molecule has 0 radical (unpaired) electrons. The van der Waals surface area contributed by atoms with Crippen molar-refractivity contribution in [2.45, 2.75) is 39.0 Å². The van der Waals surface area contributed by atoms with Crippen molar-refractivity contribution in [1.29, 1.82) is 0 Å². The average molecular weight is 296 g/mol. The second kappa shape index (κ2) is 5.77. The van der Waals surface area contributed by atoms with Gasteiger partial charge >= 0.3 is 12.1 Å². The summed E-state index contributed by atoms with van der Waals surface area (Å²) in [5.74, 6) is -0.597. The van der Waals surface area contributed by atoms with Gasteiger partial charge in [0.05, 0.1) is 6.54 Å². The molecule has 7 heteroatoms. The first-order valence-corrected chi connectivity index (χ1v) is 6.78. The van der Waals surface area contributed by atoms with Crippen molar-refractivity contribution in [1.82, 2.24) is 10.2 Å². The summed E-state index contributed by atoms with van der Waals surface area (Å²) in [6.45, 7) is 7.06. The molecule has 1 amide bonds. The number of aromatic carboxylic acids is 1. The van der Waals surface area contributed by atoms with Crippen molar-refractivity contribution >= 4 is 12.1 Å². The number of carbonyl (C=O) groups excluding carboxylic acids is 1. The predicted octanol–water partition coefficient (Wildman–Crippen LogP) is 1.69. The molecule has 2 heterocycles. The molecule has 1 aliphatic rings. The molecule has 1 aromatic heterocycles. The third kappa shape index (κ3) is 4.22. The van der Waals surface area contributed by atoms with Crippen LogP contribution >= 0.6 is 0 Å². The Morgan fingerprint density at radius 3 is 2.62 bits per heavy atom. The topological polar surface area (TPSA) is 92.0 Å². The fourth-order valence-electron chi connectivity index (χ4n) is 1.92. The Labute approximate surface area is 122 Å². The largest absolute Gasteiger partial charge is 0.475 e. The summed E-state index contributed by atoms with van der Waals surface area (Å²) in [4.78, 5) is 24.0. The maximum atomic E-state index is 11.7. The zero-order valence-electron chi connectivity index (χ0n) is 12.4. The number of carbonyl (C=O) groups is 2. The highest BCUT2D eigenvalue weighted by atomic mass is 16.6. The second-order valence-corrected chi connectivity index (χ2v) is 6.03. The number of ether oxygens (including phenoxy) is 1. The maximum absolute atomic E-state index is 11.7. The van der Waals surface area contributed by atoms with E-state index in [4.69, 9.17) is 14.3 Å². The van der Waals surface area contributed by atoms with E-state index in [0.29, 0.717) is 25.4 Å². The van der Waals surface area contributed by atoms with E-state index in [0.717, 1.165) is 0 Å². The number of furan rings is 1. The molecule has 0 saturated carbocycles. The Morgan fingerprint density at radius 1 is 1.43 bits per heavy atom. The summed E-state index contributed by atoms with van der Waals surface area (Å²) in [6.07, 6.45) is -0.313. The number of hydrogen-bond donors (Lipinski definition) is 2. The van der Waals surface area contributed by atoms with E-state index < -0.39 is 11.6 Å². The standard InChI is InChI=1S/C14H20N2O5/c1-14(2,3)21-13(19)16-7-9(8-16)15-6-10-4-5-11(20-10)12(17)18/h4-5,9,15H,6-8H2,1-3H3,(H,17,18). The molecule has 0 spiro atoms. The van der Waals surface area contributed by atoms with Gasteiger partial charge in [-0.15, -0.1) is 0 Å². The van der Waals surface area contributed by atoms with Gasteiger partial charge in [0.25, 0.3) is 0 Å². The fraction of sp³-hybridized carbons (Fsp3) is 0.571. The Bertz CT molecular complexity index is 526. The lowest BCUT2D eigenvalue weighted by Gasteiger charge is -2.40. The van der Waals surface area contributed by atoms with Crippen molar-refractivity contribution in [3.63, 3.8) is 0 Å². The van der Waals surface area contributed by atoms with Crippen LogP contribution in [0.25, 0.3) is 0 Å². The first-order valence-electron chi connectivity index (χ1n) is 6.78. The number of likely N-dealkylation sites (tertiary alicyclic amines) is 1. The van der Waals surface area contributed by atoms with Crippen molar-refractivity contribution in [3.05, 3.63) is 23.7 Å². The van der Waals surface area contributed by atoms with Gasteiger partial charge in [0, 0.05) is 19.1 Å². The monoisotopic (exact) mass is 296 g/mol. The lowest BCUT2D eigenvalue weighted by atomic mass is 10.1. The van der Waals surface area contributed by atoms with Gasteiger partial charge in [-0.2, -0.15) is 0 Å². The van der Waals surface area contributed by atoms with Gasteiger partial charge in [-0.05, 0) is 32.9 Å². The third-order valence-corrected chi connectivity index (χ3v) is 2.97. The van der Waals surface area contributed by atoms with Crippen LogP contribution in [0, 0.1) is 0 Å². The number of hydrogen-bond acceptors (Lipinski definition) is 5.